The van der Waals surface area contributed by atoms with Crippen LogP contribution in [0.1, 0.15) is 29.6 Å². The van der Waals surface area contributed by atoms with E-state index in [1.807, 2.05) is 0 Å². The van der Waals surface area contributed by atoms with E-state index in [-0.39, 0.29) is 17.2 Å². The Morgan fingerprint density at radius 3 is 2.26 bits per heavy atom. The first-order valence-corrected chi connectivity index (χ1v) is 10.9. The van der Waals surface area contributed by atoms with Crippen molar-refractivity contribution in [1.82, 2.24) is 4.31 Å². The minimum Gasteiger partial charge on any atom is -0.378 e. The molecule has 8 heteroatoms. The summed E-state index contributed by atoms with van der Waals surface area (Å²) in [5, 5.41) is 3.84. The zero-order chi connectivity index (χ0) is 19.4. The Morgan fingerprint density at radius 2 is 1.63 bits per heavy atom. The molecule has 1 aliphatic heterocycles. The molecule has 0 radical (unpaired) electrons. The monoisotopic (exact) mass is 426 g/mol. The predicted octanol–water partition coefficient (Wildman–Crippen LogP) is 4.46. The van der Waals surface area contributed by atoms with Crippen molar-refractivity contribution >= 4 is 44.7 Å². The number of sulfonamides is 1. The van der Waals surface area contributed by atoms with E-state index in [1.54, 1.807) is 30.3 Å². The highest BCUT2D eigenvalue weighted by molar-refractivity contribution is 7.89. The summed E-state index contributed by atoms with van der Waals surface area (Å²) in [6.07, 6.45) is 2.83. The van der Waals surface area contributed by atoms with E-state index in [0.29, 0.717) is 34.4 Å². The molecule has 144 valence electrons. The van der Waals surface area contributed by atoms with Crippen LogP contribution in [0.25, 0.3) is 0 Å². The van der Waals surface area contributed by atoms with Gasteiger partial charge in [-0.1, -0.05) is 29.6 Å². The summed E-state index contributed by atoms with van der Waals surface area (Å²) in [5.74, 6) is -0.150. The third-order valence-corrected chi connectivity index (χ3v) is 7.15. The fourth-order valence-electron chi connectivity index (χ4n) is 2.96. The number of benzene rings is 2. The highest BCUT2D eigenvalue weighted by atomic mass is 35.5. The number of carbonyl (C=O) groups excluding carboxylic acids is 1. The number of piperidine rings is 1. The van der Waals surface area contributed by atoms with Gasteiger partial charge in [-0.15, -0.1) is 0 Å². The van der Waals surface area contributed by atoms with Gasteiger partial charge >= 0.3 is 0 Å². The quantitative estimate of drug-likeness (QED) is 0.692. The van der Waals surface area contributed by atoms with Crippen molar-refractivity contribution in [2.45, 2.75) is 24.2 Å². The van der Waals surface area contributed by atoms with Gasteiger partial charge in [-0.2, -0.15) is 4.31 Å². The molecular formula is C19H20Cl2N2O3S. The average molecular weight is 427 g/mol. The van der Waals surface area contributed by atoms with E-state index >= 15 is 0 Å². The SMILES string of the molecule is O=C(CNc1ccc(Cl)c(Cl)c1)c1ccc(S(=O)(=O)N2CCCCC2)cc1. The summed E-state index contributed by atoms with van der Waals surface area (Å²) in [4.78, 5) is 12.6. The molecule has 0 spiro atoms. The number of hydrogen-bond acceptors (Lipinski definition) is 4. The molecule has 1 fully saturated rings. The lowest BCUT2D eigenvalue weighted by atomic mass is 10.1. The van der Waals surface area contributed by atoms with Gasteiger partial charge in [0.15, 0.2) is 5.78 Å². The first-order chi connectivity index (χ1) is 12.9. The van der Waals surface area contributed by atoms with Gasteiger partial charge in [0.2, 0.25) is 10.0 Å². The smallest absolute Gasteiger partial charge is 0.243 e. The molecule has 0 amide bonds. The van der Waals surface area contributed by atoms with Gasteiger partial charge in [0.1, 0.15) is 0 Å². The molecule has 1 N–H and O–H groups in total. The molecule has 0 bridgehead atoms. The lowest BCUT2D eigenvalue weighted by Crippen LogP contribution is -2.35. The van der Waals surface area contributed by atoms with Crippen LogP contribution >= 0.6 is 23.2 Å². The Hall–Kier alpha value is -1.60. The molecule has 2 aromatic rings. The van der Waals surface area contributed by atoms with E-state index < -0.39 is 10.0 Å². The zero-order valence-corrected chi connectivity index (χ0v) is 16.9. The number of halogens is 2. The van der Waals surface area contributed by atoms with Crippen molar-refractivity contribution in [2.75, 3.05) is 25.0 Å². The lowest BCUT2D eigenvalue weighted by molar-refractivity contribution is 0.101. The second kappa shape index (κ2) is 8.61. The largest absolute Gasteiger partial charge is 0.378 e. The van der Waals surface area contributed by atoms with Crippen molar-refractivity contribution < 1.29 is 13.2 Å². The number of nitrogens with one attached hydrogen (secondary N) is 1. The molecule has 3 rings (SSSR count). The van der Waals surface area contributed by atoms with Crippen molar-refractivity contribution in [3.63, 3.8) is 0 Å². The molecule has 1 saturated heterocycles. The topological polar surface area (TPSA) is 66.5 Å². The van der Waals surface area contributed by atoms with Crippen molar-refractivity contribution in [1.29, 1.82) is 0 Å². The van der Waals surface area contributed by atoms with Crippen molar-refractivity contribution in [3.8, 4) is 0 Å². The highest BCUT2D eigenvalue weighted by Gasteiger charge is 2.25. The van der Waals surface area contributed by atoms with Crippen molar-refractivity contribution in [2.24, 2.45) is 0 Å². The van der Waals surface area contributed by atoms with Gasteiger partial charge in [-0.25, -0.2) is 8.42 Å². The average Bonchev–Trinajstić information content (AvgIpc) is 2.69. The van der Waals surface area contributed by atoms with Crippen LogP contribution in [-0.2, 0) is 10.0 Å². The minimum absolute atomic E-state index is 0.0657. The van der Waals surface area contributed by atoms with Crippen LogP contribution in [0.5, 0.6) is 0 Å². The van der Waals surface area contributed by atoms with Crippen LogP contribution in [0.3, 0.4) is 0 Å². The molecule has 0 aliphatic carbocycles. The van der Waals surface area contributed by atoms with E-state index in [2.05, 4.69) is 5.32 Å². The summed E-state index contributed by atoms with van der Waals surface area (Å²) >= 11 is 11.8. The highest BCUT2D eigenvalue weighted by Crippen LogP contribution is 2.25. The maximum atomic E-state index is 12.6. The Kier molecular flexibility index (Phi) is 6.42. The second-order valence-electron chi connectivity index (χ2n) is 6.39. The predicted molar refractivity (Wildman–Crippen MR) is 108 cm³/mol. The number of hydrogen-bond donors (Lipinski definition) is 1. The molecule has 1 heterocycles. The summed E-state index contributed by atoms with van der Waals surface area (Å²) in [6.45, 7) is 1.17. The molecule has 2 aromatic carbocycles. The minimum atomic E-state index is -3.49. The number of Topliss-reactive ketones (excluding diaryl/α,β-unsaturated/α-hetero) is 1. The standard InChI is InChI=1S/C19H20Cl2N2O3S/c20-17-9-6-15(12-18(17)21)22-13-19(24)14-4-7-16(8-5-14)27(25,26)23-10-2-1-3-11-23/h4-9,12,22H,1-3,10-11,13H2. The fraction of sp³-hybridized carbons (Fsp3) is 0.316. The van der Waals surface area contributed by atoms with Gasteiger partial charge < -0.3 is 5.32 Å². The Balaban J connectivity index is 1.65. The molecule has 0 unspecified atom stereocenters. The summed E-state index contributed by atoms with van der Waals surface area (Å²) in [7, 11) is -3.49. The fourth-order valence-corrected chi connectivity index (χ4v) is 4.77. The first-order valence-electron chi connectivity index (χ1n) is 8.70. The van der Waals surface area contributed by atoms with Gasteiger partial charge in [-0.05, 0) is 55.3 Å². The van der Waals surface area contributed by atoms with Crippen LogP contribution in [0.2, 0.25) is 10.0 Å². The van der Waals surface area contributed by atoms with Gasteiger partial charge in [0.25, 0.3) is 0 Å². The summed E-state index contributed by atoms with van der Waals surface area (Å²) < 4.78 is 26.8. The van der Waals surface area contributed by atoms with E-state index in [9.17, 15) is 13.2 Å². The molecule has 1 aliphatic rings. The maximum absolute atomic E-state index is 12.6. The molecule has 5 nitrogen and oxygen atoms in total. The third-order valence-electron chi connectivity index (χ3n) is 4.50. The van der Waals surface area contributed by atoms with Gasteiger partial charge in [0.05, 0.1) is 21.5 Å². The second-order valence-corrected chi connectivity index (χ2v) is 9.15. The van der Waals surface area contributed by atoms with Crippen LogP contribution in [-0.4, -0.2) is 38.1 Å². The number of rotatable bonds is 6. The summed E-state index contributed by atoms with van der Waals surface area (Å²) in [5.41, 5.74) is 1.13. The number of nitrogens with zero attached hydrogens (tertiary/aromatic N) is 1. The van der Waals surface area contributed by atoms with Crippen LogP contribution in [0.15, 0.2) is 47.4 Å². The van der Waals surface area contributed by atoms with Crippen LogP contribution in [0, 0.1) is 0 Å². The normalized spacial score (nSPS) is 15.5. The zero-order valence-electron chi connectivity index (χ0n) is 14.6. The summed E-state index contributed by atoms with van der Waals surface area (Å²) in [6, 6.07) is 11.1. The molecule has 27 heavy (non-hydrogen) atoms. The molecular weight excluding hydrogens is 407 g/mol. The number of carbonyl (C=O) groups is 1. The van der Waals surface area contributed by atoms with E-state index in [1.165, 1.54) is 16.4 Å². The van der Waals surface area contributed by atoms with Crippen LogP contribution in [0.4, 0.5) is 5.69 Å². The Labute approximate surface area is 169 Å². The van der Waals surface area contributed by atoms with Gasteiger partial charge in [0, 0.05) is 24.3 Å². The lowest BCUT2D eigenvalue weighted by Gasteiger charge is -2.25. The number of anilines is 1. The van der Waals surface area contributed by atoms with Gasteiger partial charge in [-0.3, -0.25) is 4.79 Å². The van der Waals surface area contributed by atoms with Crippen LogP contribution < -0.4 is 5.32 Å². The van der Waals surface area contributed by atoms with E-state index in [0.717, 1.165) is 19.3 Å². The third kappa shape index (κ3) is 4.82. The van der Waals surface area contributed by atoms with Crippen molar-refractivity contribution in [3.05, 3.63) is 58.1 Å². The molecule has 0 aromatic heterocycles. The Morgan fingerprint density at radius 1 is 0.963 bits per heavy atom. The Bertz CT molecular complexity index is 924. The maximum Gasteiger partial charge on any atom is 0.243 e. The molecule has 0 atom stereocenters. The number of ketones is 1. The first kappa shape index (κ1) is 20.1. The molecule has 0 saturated carbocycles. The van der Waals surface area contributed by atoms with E-state index in [4.69, 9.17) is 23.2 Å².